The van der Waals surface area contributed by atoms with Gasteiger partial charge in [0.25, 0.3) is 10.0 Å². The summed E-state index contributed by atoms with van der Waals surface area (Å²) in [6.45, 7) is 4.50. The van der Waals surface area contributed by atoms with Gasteiger partial charge in [0.2, 0.25) is 11.8 Å². The monoisotopic (exact) mass is 593 g/mol. The molecule has 0 radical (unpaired) electrons. The number of nitrogens with zero attached hydrogens (tertiary/aromatic N) is 2. The predicted octanol–water partition coefficient (Wildman–Crippen LogP) is 5.66. The van der Waals surface area contributed by atoms with Crippen molar-refractivity contribution in [1.29, 1.82) is 0 Å². The Labute approximate surface area is 238 Å². The van der Waals surface area contributed by atoms with Gasteiger partial charge < -0.3 is 10.2 Å². The number of sulfonamides is 1. The zero-order valence-corrected chi connectivity index (χ0v) is 24.1. The van der Waals surface area contributed by atoms with Crippen LogP contribution in [0.5, 0.6) is 0 Å². The summed E-state index contributed by atoms with van der Waals surface area (Å²) in [5.41, 5.74) is 0.498. The lowest BCUT2D eigenvalue weighted by atomic mass is 10.1. The van der Waals surface area contributed by atoms with Crippen molar-refractivity contribution in [3.63, 3.8) is 0 Å². The fourth-order valence-corrected chi connectivity index (χ4v) is 5.71. The summed E-state index contributed by atoms with van der Waals surface area (Å²) in [5.74, 6) is -1.66. The first-order chi connectivity index (χ1) is 18.4. The van der Waals surface area contributed by atoms with Crippen LogP contribution in [0.25, 0.3) is 0 Å². The molecule has 0 bridgehead atoms. The van der Waals surface area contributed by atoms with Crippen LogP contribution >= 0.6 is 23.2 Å². The maximum absolute atomic E-state index is 13.9. The number of carbonyl (C=O) groups excluding carboxylic acids is 2. The van der Waals surface area contributed by atoms with Crippen molar-refractivity contribution < 1.29 is 22.4 Å². The second-order valence-corrected chi connectivity index (χ2v) is 11.7. The molecule has 0 aromatic heterocycles. The standard InChI is InChI=1S/C28H30Cl2FN3O4S/c1-4-19(2)32-28(36)20(3)33(17-24-25(29)11-8-12-26(24)30)27(35)18-34(22-15-13-21(31)14-16-22)39(37,38)23-9-6-5-7-10-23/h5-16,19-20H,4,17-18H2,1-3H3,(H,32,36)/t19-,20-/m1/s1. The van der Waals surface area contributed by atoms with Gasteiger partial charge in [-0.1, -0.05) is 54.4 Å². The lowest BCUT2D eigenvalue weighted by molar-refractivity contribution is -0.139. The number of rotatable bonds is 11. The third kappa shape index (κ3) is 7.50. The van der Waals surface area contributed by atoms with Crippen molar-refractivity contribution in [3.8, 4) is 0 Å². The minimum absolute atomic E-state index is 0.0506. The van der Waals surface area contributed by atoms with Gasteiger partial charge in [-0.05, 0) is 68.8 Å². The molecule has 1 N–H and O–H groups in total. The Hall–Kier alpha value is -3.14. The molecule has 2 atom stereocenters. The average Bonchev–Trinajstić information content (AvgIpc) is 2.92. The van der Waals surface area contributed by atoms with Crippen LogP contribution in [0.4, 0.5) is 10.1 Å². The minimum atomic E-state index is -4.24. The van der Waals surface area contributed by atoms with Gasteiger partial charge in [-0.3, -0.25) is 13.9 Å². The van der Waals surface area contributed by atoms with E-state index in [4.69, 9.17) is 23.2 Å². The highest BCUT2D eigenvalue weighted by atomic mass is 35.5. The van der Waals surface area contributed by atoms with Gasteiger partial charge in [-0.25, -0.2) is 12.8 Å². The number of amides is 2. The Morgan fingerprint density at radius 3 is 2.08 bits per heavy atom. The highest BCUT2D eigenvalue weighted by Gasteiger charge is 2.33. The minimum Gasteiger partial charge on any atom is -0.352 e. The van der Waals surface area contributed by atoms with Crippen LogP contribution < -0.4 is 9.62 Å². The molecular formula is C28H30Cl2FN3O4S. The molecule has 11 heteroatoms. The second-order valence-electron chi connectivity index (χ2n) is 9.02. The molecule has 208 valence electrons. The van der Waals surface area contributed by atoms with E-state index in [0.717, 1.165) is 16.4 Å². The van der Waals surface area contributed by atoms with E-state index in [2.05, 4.69) is 5.32 Å². The molecule has 0 saturated heterocycles. The van der Waals surface area contributed by atoms with Crippen LogP contribution in [0.3, 0.4) is 0 Å². The van der Waals surface area contributed by atoms with Crippen molar-refractivity contribution in [2.24, 2.45) is 0 Å². The normalized spacial score (nSPS) is 12.9. The second kappa shape index (κ2) is 13.3. The van der Waals surface area contributed by atoms with Gasteiger partial charge in [0.15, 0.2) is 0 Å². The molecule has 3 rings (SSSR count). The first kappa shape index (κ1) is 30.4. The number of nitrogens with one attached hydrogen (secondary N) is 1. The molecular weight excluding hydrogens is 564 g/mol. The van der Waals surface area contributed by atoms with Gasteiger partial charge in [-0.15, -0.1) is 0 Å². The molecule has 3 aromatic carbocycles. The molecule has 39 heavy (non-hydrogen) atoms. The zero-order valence-electron chi connectivity index (χ0n) is 21.8. The van der Waals surface area contributed by atoms with Crippen LogP contribution in [0.2, 0.25) is 10.0 Å². The van der Waals surface area contributed by atoms with Crippen LogP contribution in [-0.4, -0.2) is 43.8 Å². The number of halogens is 3. The summed E-state index contributed by atoms with van der Waals surface area (Å²) in [5, 5.41) is 3.44. The van der Waals surface area contributed by atoms with Crippen LogP contribution in [-0.2, 0) is 26.2 Å². The smallest absolute Gasteiger partial charge is 0.264 e. The van der Waals surface area contributed by atoms with E-state index >= 15 is 0 Å². The van der Waals surface area contributed by atoms with E-state index in [9.17, 15) is 22.4 Å². The Balaban J connectivity index is 2.05. The predicted molar refractivity (Wildman–Crippen MR) is 152 cm³/mol. The van der Waals surface area contributed by atoms with Crippen LogP contribution in [0.15, 0.2) is 77.7 Å². The largest absolute Gasteiger partial charge is 0.352 e. The van der Waals surface area contributed by atoms with Crippen molar-refractivity contribution in [1.82, 2.24) is 10.2 Å². The molecule has 0 aliphatic heterocycles. The molecule has 0 aliphatic rings. The summed E-state index contributed by atoms with van der Waals surface area (Å²) in [6, 6.07) is 16.1. The van der Waals surface area contributed by atoms with Gasteiger partial charge in [0.1, 0.15) is 18.4 Å². The summed E-state index contributed by atoms with van der Waals surface area (Å²) in [6.07, 6.45) is 0.677. The van der Waals surface area contributed by atoms with Gasteiger partial charge in [0, 0.05) is 28.2 Å². The molecule has 0 fully saturated rings. The van der Waals surface area contributed by atoms with Crippen LogP contribution in [0.1, 0.15) is 32.8 Å². The van der Waals surface area contributed by atoms with E-state index in [-0.39, 0.29) is 23.2 Å². The molecule has 0 saturated carbocycles. The van der Waals surface area contributed by atoms with Gasteiger partial charge >= 0.3 is 0 Å². The number of anilines is 1. The lowest BCUT2D eigenvalue weighted by Gasteiger charge is -2.32. The Kier molecular flexibility index (Phi) is 10.4. The average molecular weight is 595 g/mol. The third-order valence-corrected chi connectivity index (χ3v) is 8.78. The molecule has 0 unspecified atom stereocenters. The van der Waals surface area contributed by atoms with Crippen molar-refractivity contribution in [2.45, 2.75) is 50.7 Å². The quantitative estimate of drug-likeness (QED) is 0.311. The third-order valence-electron chi connectivity index (χ3n) is 6.28. The fraction of sp³-hybridized carbons (Fsp3) is 0.286. The van der Waals surface area contributed by atoms with E-state index in [0.29, 0.717) is 22.0 Å². The maximum Gasteiger partial charge on any atom is 0.264 e. The number of carbonyl (C=O) groups is 2. The van der Waals surface area contributed by atoms with Crippen LogP contribution in [0, 0.1) is 5.82 Å². The number of benzene rings is 3. The highest BCUT2D eigenvalue weighted by Crippen LogP contribution is 2.28. The molecule has 0 aliphatic carbocycles. The number of hydrogen-bond acceptors (Lipinski definition) is 4. The van der Waals surface area contributed by atoms with E-state index in [1.54, 1.807) is 43.3 Å². The lowest BCUT2D eigenvalue weighted by Crippen LogP contribution is -2.52. The Morgan fingerprint density at radius 1 is 0.923 bits per heavy atom. The molecule has 0 heterocycles. The zero-order chi connectivity index (χ0) is 28.7. The van der Waals surface area contributed by atoms with E-state index in [1.807, 2.05) is 13.8 Å². The summed E-state index contributed by atoms with van der Waals surface area (Å²) in [7, 11) is -4.24. The summed E-state index contributed by atoms with van der Waals surface area (Å²) in [4.78, 5) is 28.2. The first-order valence-corrected chi connectivity index (χ1v) is 14.5. The van der Waals surface area contributed by atoms with Crippen molar-refractivity contribution >= 4 is 50.7 Å². The molecule has 2 amide bonds. The maximum atomic E-state index is 13.9. The van der Waals surface area contributed by atoms with E-state index in [1.165, 1.54) is 29.2 Å². The van der Waals surface area contributed by atoms with Gasteiger partial charge in [-0.2, -0.15) is 0 Å². The summed E-state index contributed by atoms with van der Waals surface area (Å²) < 4.78 is 41.9. The van der Waals surface area contributed by atoms with Crippen molar-refractivity contribution in [2.75, 3.05) is 10.8 Å². The number of hydrogen-bond donors (Lipinski definition) is 1. The topological polar surface area (TPSA) is 86.8 Å². The highest BCUT2D eigenvalue weighted by molar-refractivity contribution is 7.92. The summed E-state index contributed by atoms with van der Waals surface area (Å²) >= 11 is 12.7. The Bertz CT molecular complexity index is 1390. The molecule has 0 spiro atoms. The van der Waals surface area contributed by atoms with E-state index < -0.39 is 40.2 Å². The fourth-order valence-electron chi connectivity index (χ4n) is 3.76. The van der Waals surface area contributed by atoms with Crippen molar-refractivity contribution in [3.05, 3.63) is 94.2 Å². The molecule has 3 aromatic rings. The van der Waals surface area contributed by atoms with Gasteiger partial charge in [0.05, 0.1) is 10.6 Å². The SMILES string of the molecule is CC[C@@H](C)NC(=O)[C@@H](C)N(Cc1c(Cl)cccc1Cl)C(=O)CN(c1ccc(F)cc1)S(=O)(=O)c1ccccc1. The molecule has 7 nitrogen and oxygen atoms in total. The Morgan fingerprint density at radius 2 is 1.51 bits per heavy atom. The first-order valence-electron chi connectivity index (χ1n) is 12.3.